The van der Waals surface area contributed by atoms with Crippen LogP contribution in [0.15, 0.2) is 24.3 Å². The monoisotopic (exact) mass is 301 g/mol. The van der Waals surface area contributed by atoms with Gasteiger partial charge in [0.2, 0.25) is 0 Å². The van der Waals surface area contributed by atoms with Gasteiger partial charge in [0.25, 0.3) is 5.91 Å². The van der Waals surface area contributed by atoms with Crippen molar-refractivity contribution in [3.05, 3.63) is 46.8 Å². The molecule has 1 aromatic heterocycles. The van der Waals surface area contributed by atoms with Crippen LogP contribution in [-0.2, 0) is 7.05 Å². The first-order valence-corrected chi connectivity index (χ1v) is 6.99. The van der Waals surface area contributed by atoms with Gasteiger partial charge in [-0.25, -0.2) is 4.79 Å². The summed E-state index contributed by atoms with van der Waals surface area (Å²) in [5, 5.41) is 16.1. The first-order valence-electron chi connectivity index (χ1n) is 6.99. The molecule has 116 valence electrons. The highest BCUT2D eigenvalue weighted by Crippen LogP contribution is 2.18. The van der Waals surface area contributed by atoms with Gasteiger partial charge in [0, 0.05) is 12.7 Å². The average molecular weight is 301 g/mol. The molecule has 2 N–H and O–H groups in total. The smallest absolute Gasteiger partial charge is 0.336 e. The Hall–Kier alpha value is -2.63. The van der Waals surface area contributed by atoms with E-state index in [9.17, 15) is 9.59 Å². The Balaban J connectivity index is 2.26. The lowest BCUT2D eigenvalue weighted by atomic mass is 10.1. The maximum Gasteiger partial charge on any atom is 0.336 e. The molecule has 0 radical (unpaired) electrons. The molecule has 2 rings (SSSR count). The largest absolute Gasteiger partial charge is 0.478 e. The summed E-state index contributed by atoms with van der Waals surface area (Å²) in [6.45, 7) is 5.72. The zero-order chi connectivity index (χ0) is 16.4. The van der Waals surface area contributed by atoms with Crippen LogP contribution in [0.3, 0.4) is 0 Å². The number of hydrogen-bond donors (Lipinski definition) is 2. The van der Waals surface area contributed by atoms with Crippen molar-refractivity contribution < 1.29 is 14.7 Å². The van der Waals surface area contributed by atoms with E-state index >= 15 is 0 Å². The summed E-state index contributed by atoms with van der Waals surface area (Å²) in [6.07, 6.45) is 0. The number of aromatic nitrogens is 2. The van der Waals surface area contributed by atoms with Crippen molar-refractivity contribution in [2.45, 2.75) is 26.7 Å². The van der Waals surface area contributed by atoms with Gasteiger partial charge < -0.3 is 10.4 Å². The predicted molar refractivity (Wildman–Crippen MR) is 83.4 cm³/mol. The average Bonchev–Trinajstić information content (AvgIpc) is 2.83. The minimum Gasteiger partial charge on any atom is -0.478 e. The third-order valence-electron chi connectivity index (χ3n) is 3.45. The highest BCUT2D eigenvalue weighted by atomic mass is 16.4. The predicted octanol–water partition coefficient (Wildman–Crippen LogP) is 2.80. The fourth-order valence-electron chi connectivity index (χ4n) is 2.11. The summed E-state index contributed by atoms with van der Waals surface area (Å²) in [4.78, 5) is 23.5. The van der Waals surface area contributed by atoms with Crippen LogP contribution in [0.4, 0.5) is 5.69 Å². The number of aromatic carboxylic acids is 1. The maximum absolute atomic E-state index is 12.3. The number of hydrogen-bond acceptors (Lipinski definition) is 3. The van der Waals surface area contributed by atoms with Gasteiger partial charge >= 0.3 is 5.97 Å². The number of carbonyl (C=O) groups is 2. The molecule has 1 heterocycles. The molecule has 0 saturated heterocycles. The molecule has 6 nitrogen and oxygen atoms in total. The molecule has 0 atom stereocenters. The van der Waals surface area contributed by atoms with E-state index in [1.165, 1.54) is 10.7 Å². The van der Waals surface area contributed by atoms with Crippen LogP contribution >= 0.6 is 0 Å². The molecule has 0 spiro atoms. The number of nitrogens with zero attached hydrogens (tertiary/aromatic N) is 2. The Kier molecular flexibility index (Phi) is 4.30. The Morgan fingerprint density at radius 3 is 2.50 bits per heavy atom. The highest BCUT2D eigenvalue weighted by molar-refractivity contribution is 6.03. The molecule has 2 aromatic rings. The van der Waals surface area contributed by atoms with Crippen LogP contribution in [0.2, 0.25) is 0 Å². The minimum absolute atomic E-state index is 0.172. The molecule has 1 amide bonds. The van der Waals surface area contributed by atoms with Crippen molar-refractivity contribution in [2.75, 3.05) is 5.32 Å². The van der Waals surface area contributed by atoms with Crippen molar-refractivity contribution >= 4 is 17.6 Å². The van der Waals surface area contributed by atoms with Crippen molar-refractivity contribution in [1.82, 2.24) is 9.78 Å². The fraction of sp³-hybridized carbons (Fsp3) is 0.312. The number of carboxylic acids is 1. The lowest BCUT2D eigenvalue weighted by Crippen LogP contribution is -2.16. The zero-order valence-electron chi connectivity index (χ0n) is 13.0. The van der Waals surface area contributed by atoms with E-state index < -0.39 is 5.97 Å². The summed E-state index contributed by atoms with van der Waals surface area (Å²) in [7, 11) is 1.71. The Morgan fingerprint density at radius 1 is 1.27 bits per heavy atom. The standard InChI is InChI=1S/C16H19N3O3/c1-9(2)13-8-14(19(4)18-13)15(20)17-11-6-5-10(3)12(7-11)16(21)22/h5-9H,1-4H3,(H,17,20)(H,21,22). The van der Waals surface area contributed by atoms with Crippen LogP contribution in [-0.4, -0.2) is 26.8 Å². The number of rotatable bonds is 4. The van der Waals surface area contributed by atoms with Crippen LogP contribution < -0.4 is 5.32 Å². The number of carboxylic acid groups (broad SMARTS) is 1. The Bertz CT molecular complexity index is 732. The molecule has 1 aromatic carbocycles. The lowest BCUT2D eigenvalue weighted by molar-refractivity contribution is 0.0695. The normalized spacial score (nSPS) is 10.8. The number of aryl methyl sites for hydroxylation is 2. The molecular weight excluding hydrogens is 282 g/mol. The van der Waals surface area contributed by atoms with Gasteiger partial charge in [0.05, 0.1) is 11.3 Å². The van der Waals surface area contributed by atoms with Crippen molar-refractivity contribution in [3.63, 3.8) is 0 Å². The van der Waals surface area contributed by atoms with Gasteiger partial charge in [-0.05, 0) is 36.6 Å². The van der Waals surface area contributed by atoms with Gasteiger partial charge in [0.1, 0.15) is 5.69 Å². The number of nitrogens with one attached hydrogen (secondary N) is 1. The number of benzene rings is 1. The molecular formula is C16H19N3O3. The number of carbonyl (C=O) groups excluding carboxylic acids is 1. The summed E-state index contributed by atoms with van der Waals surface area (Å²) < 4.78 is 1.52. The minimum atomic E-state index is -1.02. The second kappa shape index (κ2) is 6.01. The third kappa shape index (κ3) is 3.16. The van der Waals surface area contributed by atoms with Gasteiger partial charge in [-0.1, -0.05) is 19.9 Å². The van der Waals surface area contributed by atoms with Crippen molar-refractivity contribution in [2.24, 2.45) is 7.05 Å². The van der Waals surface area contributed by atoms with E-state index in [2.05, 4.69) is 10.4 Å². The molecule has 0 bridgehead atoms. The summed E-state index contributed by atoms with van der Waals surface area (Å²) >= 11 is 0. The molecule has 0 aliphatic heterocycles. The van der Waals surface area contributed by atoms with E-state index in [0.717, 1.165) is 5.69 Å². The van der Waals surface area contributed by atoms with Gasteiger partial charge in [-0.2, -0.15) is 5.10 Å². The maximum atomic E-state index is 12.3. The Labute approximate surface area is 128 Å². The number of anilines is 1. The first kappa shape index (κ1) is 15.8. The number of amides is 1. The summed E-state index contributed by atoms with van der Waals surface area (Å²) in [5.74, 6) is -1.11. The summed E-state index contributed by atoms with van der Waals surface area (Å²) in [6, 6.07) is 6.54. The SMILES string of the molecule is Cc1ccc(NC(=O)c2cc(C(C)C)nn2C)cc1C(=O)O. The second-order valence-electron chi connectivity index (χ2n) is 5.52. The van der Waals surface area contributed by atoms with E-state index in [4.69, 9.17) is 5.11 Å². The van der Waals surface area contributed by atoms with E-state index in [1.807, 2.05) is 13.8 Å². The third-order valence-corrected chi connectivity index (χ3v) is 3.45. The van der Waals surface area contributed by atoms with Crippen LogP contribution in [0.25, 0.3) is 0 Å². The highest BCUT2D eigenvalue weighted by Gasteiger charge is 2.16. The topological polar surface area (TPSA) is 84.2 Å². The first-order chi connectivity index (χ1) is 10.3. The quantitative estimate of drug-likeness (QED) is 0.909. The summed E-state index contributed by atoms with van der Waals surface area (Å²) in [5.41, 5.74) is 2.53. The van der Waals surface area contributed by atoms with Crippen LogP contribution in [0.1, 0.15) is 51.9 Å². The molecule has 0 aliphatic carbocycles. The Morgan fingerprint density at radius 2 is 1.95 bits per heavy atom. The van der Waals surface area contributed by atoms with Crippen molar-refractivity contribution in [3.8, 4) is 0 Å². The molecule has 0 fully saturated rings. The van der Waals surface area contributed by atoms with Gasteiger partial charge in [0.15, 0.2) is 0 Å². The van der Waals surface area contributed by atoms with Gasteiger partial charge in [-0.3, -0.25) is 9.48 Å². The van der Waals surface area contributed by atoms with E-state index in [1.54, 1.807) is 32.2 Å². The van der Waals surface area contributed by atoms with E-state index in [0.29, 0.717) is 16.9 Å². The van der Waals surface area contributed by atoms with Crippen molar-refractivity contribution in [1.29, 1.82) is 0 Å². The molecule has 0 saturated carbocycles. The molecule has 0 unspecified atom stereocenters. The molecule has 6 heteroatoms. The molecule has 22 heavy (non-hydrogen) atoms. The molecule has 0 aliphatic rings. The van der Waals surface area contributed by atoms with E-state index in [-0.39, 0.29) is 17.4 Å². The zero-order valence-corrected chi connectivity index (χ0v) is 13.0. The lowest BCUT2D eigenvalue weighted by Gasteiger charge is -2.07. The van der Waals surface area contributed by atoms with Gasteiger partial charge in [-0.15, -0.1) is 0 Å². The fourth-order valence-corrected chi connectivity index (χ4v) is 2.11. The second-order valence-corrected chi connectivity index (χ2v) is 5.52. The van der Waals surface area contributed by atoms with Crippen LogP contribution in [0.5, 0.6) is 0 Å². The van der Waals surface area contributed by atoms with Crippen LogP contribution in [0, 0.1) is 6.92 Å².